The Morgan fingerprint density at radius 2 is 1.38 bits per heavy atom. The zero-order chi connectivity index (χ0) is 24.7. The highest BCUT2D eigenvalue weighted by Gasteiger charge is 2.24. The number of likely N-dealkylation sites (tertiary alicyclic amines) is 1. The van der Waals surface area contributed by atoms with Gasteiger partial charge in [-0.25, -0.2) is 0 Å². The van der Waals surface area contributed by atoms with E-state index in [2.05, 4.69) is 11.8 Å². The summed E-state index contributed by atoms with van der Waals surface area (Å²) in [6, 6.07) is 0. The van der Waals surface area contributed by atoms with Crippen molar-refractivity contribution in [3.63, 3.8) is 0 Å². The second-order valence-corrected chi connectivity index (χ2v) is 11.7. The van der Waals surface area contributed by atoms with E-state index < -0.39 is 13.7 Å². The zero-order valence-electron chi connectivity index (χ0n) is 21.8. The summed E-state index contributed by atoms with van der Waals surface area (Å²) in [4.78, 5) is 22.9. The molecule has 1 fully saturated rings. The average molecular weight is 506 g/mol. The summed E-state index contributed by atoms with van der Waals surface area (Å²) in [5.74, 6) is 0. The number of ether oxygens (including phenoxy) is 2. The Balaban J connectivity index is 1.94. The molecule has 1 heterocycles. The van der Waals surface area contributed by atoms with Crippen LogP contribution in [-0.2, 0) is 23.4 Å². The van der Waals surface area contributed by atoms with Gasteiger partial charge in [0.15, 0.2) is 0 Å². The van der Waals surface area contributed by atoms with Crippen LogP contribution in [0.4, 0.5) is 0 Å². The smallest absolute Gasteiger partial charge is 0.329 e. The van der Waals surface area contributed by atoms with Gasteiger partial charge in [0.25, 0.3) is 6.47 Å². The third-order valence-corrected chi connectivity index (χ3v) is 7.87. The molecule has 1 aliphatic rings. The molecule has 2 atom stereocenters. The number of unbranched alkanes of at least 4 members (excludes halogenated alkanes) is 13. The summed E-state index contributed by atoms with van der Waals surface area (Å²) < 4.78 is 28.0. The fourth-order valence-corrected chi connectivity index (χ4v) is 5.42. The van der Waals surface area contributed by atoms with Gasteiger partial charge in [0.05, 0.1) is 19.4 Å². The van der Waals surface area contributed by atoms with E-state index in [0.29, 0.717) is 19.6 Å². The summed E-state index contributed by atoms with van der Waals surface area (Å²) in [5, 5.41) is 0. The molecule has 8 heteroatoms. The maximum Gasteiger partial charge on any atom is 0.329 e. The van der Waals surface area contributed by atoms with Gasteiger partial charge in [-0.05, 0) is 32.4 Å². The average Bonchev–Trinajstić information content (AvgIpc) is 3.35. The number of carbonyl (C=O) groups is 1. The van der Waals surface area contributed by atoms with Crippen LogP contribution in [0.5, 0.6) is 0 Å². The van der Waals surface area contributed by atoms with Crippen LogP contribution < -0.4 is 0 Å². The monoisotopic (exact) mass is 505 g/mol. The molecule has 1 rings (SSSR count). The van der Waals surface area contributed by atoms with Crippen LogP contribution >= 0.6 is 7.60 Å². The van der Waals surface area contributed by atoms with Crippen LogP contribution in [0.3, 0.4) is 0 Å². The van der Waals surface area contributed by atoms with E-state index >= 15 is 0 Å². The van der Waals surface area contributed by atoms with Crippen molar-refractivity contribution >= 4 is 14.1 Å². The number of hydrogen-bond acceptors (Lipinski definition) is 6. The Labute approximate surface area is 208 Å². The Morgan fingerprint density at radius 1 is 0.853 bits per heavy atom. The molecule has 0 aromatic heterocycles. The Bertz CT molecular complexity index is 516. The van der Waals surface area contributed by atoms with Crippen LogP contribution in [0.2, 0.25) is 0 Å². The quantitative estimate of drug-likeness (QED) is 0.0882. The molecule has 0 aromatic carbocycles. The van der Waals surface area contributed by atoms with Crippen molar-refractivity contribution in [1.82, 2.24) is 4.90 Å². The fourth-order valence-electron chi connectivity index (χ4n) is 4.36. The van der Waals surface area contributed by atoms with E-state index in [1.54, 1.807) is 0 Å². The summed E-state index contributed by atoms with van der Waals surface area (Å²) in [5.41, 5.74) is 0. The van der Waals surface area contributed by atoms with Gasteiger partial charge < -0.3 is 23.8 Å². The molecule has 0 spiro atoms. The van der Waals surface area contributed by atoms with E-state index in [0.717, 1.165) is 38.8 Å². The normalized spacial score (nSPS) is 17.0. The summed E-state index contributed by atoms with van der Waals surface area (Å²) in [7, 11) is -3.69. The van der Waals surface area contributed by atoms with Crippen LogP contribution in [0.15, 0.2) is 0 Å². The van der Waals surface area contributed by atoms with Gasteiger partial charge in [0, 0.05) is 13.2 Å². The van der Waals surface area contributed by atoms with Crippen molar-refractivity contribution in [2.24, 2.45) is 0 Å². The SMILES string of the molecule is CCCCCCCCCCCCCCCCOCC(COP(=O)(O)CCN1CCCC1)OC=O. The molecule has 34 heavy (non-hydrogen) atoms. The van der Waals surface area contributed by atoms with Gasteiger partial charge in [0.1, 0.15) is 6.10 Å². The molecule has 0 amide bonds. The lowest BCUT2D eigenvalue weighted by atomic mass is 10.0. The first kappa shape index (κ1) is 31.6. The van der Waals surface area contributed by atoms with Gasteiger partial charge in [0.2, 0.25) is 0 Å². The van der Waals surface area contributed by atoms with E-state index in [-0.39, 0.29) is 19.4 Å². The molecule has 1 N–H and O–H groups in total. The lowest BCUT2D eigenvalue weighted by molar-refractivity contribution is -0.138. The lowest BCUT2D eigenvalue weighted by Crippen LogP contribution is -2.27. The molecule has 0 aromatic rings. The minimum Gasteiger partial charge on any atom is -0.460 e. The van der Waals surface area contributed by atoms with Crippen molar-refractivity contribution < 1.29 is 28.3 Å². The molecule has 7 nitrogen and oxygen atoms in total. The minimum atomic E-state index is -3.69. The van der Waals surface area contributed by atoms with Gasteiger partial charge in [-0.2, -0.15) is 0 Å². The molecule has 2 unspecified atom stereocenters. The molecule has 1 aliphatic heterocycles. The first-order valence-electron chi connectivity index (χ1n) is 13.9. The Morgan fingerprint density at radius 3 is 1.91 bits per heavy atom. The topological polar surface area (TPSA) is 85.3 Å². The predicted octanol–water partition coefficient (Wildman–Crippen LogP) is 6.32. The van der Waals surface area contributed by atoms with Crippen LogP contribution in [0.1, 0.15) is 110 Å². The van der Waals surface area contributed by atoms with E-state index in [1.165, 1.54) is 77.0 Å². The Hall–Kier alpha value is -0.460. The molecule has 0 radical (unpaired) electrons. The third-order valence-electron chi connectivity index (χ3n) is 6.55. The standard InChI is InChI=1S/C26H52NO6P/c1-2-3-4-5-6-7-8-9-10-11-12-13-14-17-21-31-23-26(32-25-28)24-33-34(29,30)22-20-27-18-15-16-19-27/h25-26H,2-24H2,1H3,(H,29,30). The number of rotatable bonds is 25. The second kappa shape index (κ2) is 21.8. The molecule has 1 saturated heterocycles. The second-order valence-electron chi connectivity index (χ2n) is 9.73. The zero-order valence-corrected chi connectivity index (χ0v) is 22.7. The van der Waals surface area contributed by atoms with Crippen LogP contribution in [0, 0.1) is 0 Å². The molecular formula is C26H52NO6P. The first-order chi connectivity index (χ1) is 16.6. The number of hydrogen-bond donors (Lipinski definition) is 1. The van der Waals surface area contributed by atoms with Crippen molar-refractivity contribution in [2.75, 3.05) is 45.6 Å². The maximum atomic E-state index is 12.2. The predicted molar refractivity (Wildman–Crippen MR) is 138 cm³/mol. The fraction of sp³-hybridized carbons (Fsp3) is 0.962. The van der Waals surface area contributed by atoms with Gasteiger partial charge >= 0.3 is 7.60 Å². The van der Waals surface area contributed by atoms with Crippen molar-refractivity contribution in [2.45, 2.75) is 116 Å². The summed E-state index contributed by atoms with van der Waals surface area (Å²) >= 11 is 0. The third kappa shape index (κ3) is 18.8. The van der Waals surface area contributed by atoms with Crippen molar-refractivity contribution in [3.05, 3.63) is 0 Å². The van der Waals surface area contributed by atoms with Gasteiger partial charge in [-0.15, -0.1) is 0 Å². The first-order valence-corrected chi connectivity index (χ1v) is 15.7. The van der Waals surface area contributed by atoms with Gasteiger partial charge in [-0.1, -0.05) is 90.4 Å². The number of nitrogens with zero attached hydrogens (tertiary/aromatic N) is 1. The molecule has 202 valence electrons. The summed E-state index contributed by atoms with van der Waals surface area (Å²) in [6.07, 6.45) is 20.1. The highest BCUT2D eigenvalue weighted by atomic mass is 31.2. The van der Waals surface area contributed by atoms with Crippen molar-refractivity contribution in [1.29, 1.82) is 0 Å². The largest absolute Gasteiger partial charge is 0.460 e. The Kier molecular flexibility index (Phi) is 20.2. The maximum absolute atomic E-state index is 12.2. The van der Waals surface area contributed by atoms with Crippen LogP contribution in [0.25, 0.3) is 0 Å². The summed E-state index contributed by atoms with van der Waals surface area (Å²) in [6.45, 7) is 5.78. The van der Waals surface area contributed by atoms with Crippen LogP contribution in [-0.4, -0.2) is 68.0 Å². The molecule has 0 saturated carbocycles. The lowest BCUT2D eigenvalue weighted by Gasteiger charge is -2.20. The highest BCUT2D eigenvalue weighted by Crippen LogP contribution is 2.41. The van der Waals surface area contributed by atoms with E-state index in [1.807, 2.05) is 0 Å². The van der Waals surface area contributed by atoms with Crippen molar-refractivity contribution in [3.8, 4) is 0 Å². The highest BCUT2D eigenvalue weighted by molar-refractivity contribution is 7.52. The van der Waals surface area contributed by atoms with E-state index in [9.17, 15) is 14.3 Å². The molecule has 0 aliphatic carbocycles. The molecular weight excluding hydrogens is 453 g/mol. The van der Waals surface area contributed by atoms with E-state index in [4.69, 9.17) is 14.0 Å². The number of carbonyl (C=O) groups excluding carboxylic acids is 1. The van der Waals surface area contributed by atoms with Gasteiger partial charge in [-0.3, -0.25) is 9.36 Å². The molecule has 0 bridgehead atoms. The minimum absolute atomic E-state index is 0.0979.